The molecule has 0 aliphatic heterocycles. The van der Waals surface area contributed by atoms with Crippen molar-refractivity contribution in [2.75, 3.05) is 13.6 Å². The number of carbonyl (C=O) groups excluding carboxylic acids is 1. The Balaban J connectivity index is 2.65. The predicted molar refractivity (Wildman–Crippen MR) is 64.0 cm³/mol. The SMILES string of the molecule is CN(CCc1cc(F)ccc1F)C(=O)C(C)(C)O. The van der Waals surface area contributed by atoms with Crippen LogP contribution in [0.5, 0.6) is 0 Å². The molecule has 1 aromatic carbocycles. The topological polar surface area (TPSA) is 40.5 Å². The van der Waals surface area contributed by atoms with Gasteiger partial charge in [0.25, 0.3) is 5.91 Å². The van der Waals surface area contributed by atoms with Gasteiger partial charge < -0.3 is 10.0 Å². The number of carbonyl (C=O) groups is 1. The summed E-state index contributed by atoms with van der Waals surface area (Å²) in [5.41, 5.74) is -1.25. The molecular weight excluding hydrogens is 240 g/mol. The summed E-state index contributed by atoms with van der Waals surface area (Å²) in [6.07, 6.45) is 0.196. The summed E-state index contributed by atoms with van der Waals surface area (Å²) >= 11 is 0. The number of benzene rings is 1. The van der Waals surface area contributed by atoms with Crippen LogP contribution in [-0.4, -0.2) is 35.1 Å². The van der Waals surface area contributed by atoms with Gasteiger partial charge in [-0.15, -0.1) is 0 Å². The van der Waals surface area contributed by atoms with E-state index in [0.29, 0.717) is 0 Å². The molecule has 0 unspecified atom stereocenters. The summed E-state index contributed by atoms with van der Waals surface area (Å²) in [6, 6.07) is 3.21. The van der Waals surface area contributed by atoms with Crippen LogP contribution in [-0.2, 0) is 11.2 Å². The molecule has 0 heterocycles. The molecule has 0 aliphatic rings. The Labute approximate surface area is 105 Å². The summed E-state index contributed by atoms with van der Waals surface area (Å²) in [6.45, 7) is 2.98. The average Bonchev–Trinajstić information content (AvgIpc) is 2.27. The van der Waals surface area contributed by atoms with Gasteiger partial charge in [-0.3, -0.25) is 4.79 Å². The van der Waals surface area contributed by atoms with Crippen molar-refractivity contribution in [1.82, 2.24) is 4.90 Å². The second kappa shape index (κ2) is 5.44. The number of nitrogens with zero attached hydrogens (tertiary/aromatic N) is 1. The summed E-state index contributed by atoms with van der Waals surface area (Å²) < 4.78 is 26.3. The van der Waals surface area contributed by atoms with Gasteiger partial charge in [0.2, 0.25) is 0 Å². The predicted octanol–water partition coefficient (Wildman–Crippen LogP) is 1.74. The van der Waals surface area contributed by atoms with Crippen molar-refractivity contribution in [3.05, 3.63) is 35.4 Å². The van der Waals surface area contributed by atoms with Gasteiger partial charge in [-0.2, -0.15) is 0 Å². The second-order valence-corrected chi connectivity index (χ2v) is 4.77. The zero-order valence-electron chi connectivity index (χ0n) is 10.7. The van der Waals surface area contributed by atoms with Crippen molar-refractivity contribution < 1.29 is 18.7 Å². The largest absolute Gasteiger partial charge is 0.381 e. The Bertz CT molecular complexity index is 441. The Hall–Kier alpha value is -1.49. The fraction of sp³-hybridized carbons (Fsp3) is 0.462. The van der Waals surface area contributed by atoms with E-state index in [-0.39, 0.29) is 18.5 Å². The molecule has 0 bridgehead atoms. The quantitative estimate of drug-likeness (QED) is 0.892. The molecule has 100 valence electrons. The van der Waals surface area contributed by atoms with E-state index in [0.717, 1.165) is 18.2 Å². The highest BCUT2D eigenvalue weighted by Crippen LogP contribution is 2.12. The lowest BCUT2D eigenvalue weighted by Crippen LogP contribution is -2.43. The van der Waals surface area contributed by atoms with Gasteiger partial charge in [0.15, 0.2) is 0 Å². The van der Waals surface area contributed by atoms with Crippen LogP contribution in [0.1, 0.15) is 19.4 Å². The van der Waals surface area contributed by atoms with Crippen molar-refractivity contribution in [3.8, 4) is 0 Å². The summed E-state index contributed by atoms with van der Waals surface area (Å²) in [7, 11) is 1.51. The third-order valence-corrected chi connectivity index (χ3v) is 2.59. The van der Waals surface area contributed by atoms with Crippen LogP contribution < -0.4 is 0 Å². The maximum absolute atomic E-state index is 13.3. The molecule has 1 N–H and O–H groups in total. The van der Waals surface area contributed by atoms with E-state index in [4.69, 9.17) is 0 Å². The highest BCUT2D eigenvalue weighted by molar-refractivity contribution is 5.83. The minimum atomic E-state index is -1.46. The molecule has 18 heavy (non-hydrogen) atoms. The minimum absolute atomic E-state index is 0.196. The number of amides is 1. The first-order chi connectivity index (χ1) is 8.21. The molecule has 0 saturated carbocycles. The van der Waals surface area contributed by atoms with E-state index < -0.39 is 23.1 Å². The highest BCUT2D eigenvalue weighted by Gasteiger charge is 2.27. The average molecular weight is 257 g/mol. The Morgan fingerprint density at radius 1 is 1.39 bits per heavy atom. The Kier molecular flexibility index (Phi) is 4.40. The molecule has 0 aliphatic carbocycles. The van der Waals surface area contributed by atoms with E-state index >= 15 is 0 Å². The number of hydrogen-bond donors (Lipinski definition) is 1. The monoisotopic (exact) mass is 257 g/mol. The van der Waals surface area contributed by atoms with Crippen LogP contribution in [0.25, 0.3) is 0 Å². The Morgan fingerprint density at radius 3 is 2.56 bits per heavy atom. The standard InChI is InChI=1S/C13H17F2NO2/c1-13(2,18)12(17)16(3)7-6-9-8-10(14)4-5-11(9)15/h4-5,8,18H,6-7H2,1-3H3. The Morgan fingerprint density at radius 2 is 2.00 bits per heavy atom. The van der Waals surface area contributed by atoms with Crippen LogP contribution in [0.15, 0.2) is 18.2 Å². The van der Waals surface area contributed by atoms with Crippen LogP contribution >= 0.6 is 0 Å². The summed E-state index contributed by atoms with van der Waals surface area (Å²) in [4.78, 5) is 12.9. The number of halogens is 2. The van der Waals surface area contributed by atoms with Gasteiger partial charge >= 0.3 is 0 Å². The van der Waals surface area contributed by atoms with Gasteiger partial charge in [-0.05, 0) is 44.0 Å². The van der Waals surface area contributed by atoms with Crippen LogP contribution in [0.2, 0.25) is 0 Å². The molecule has 1 amide bonds. The number of likely N-dealkylation sites (N-methyl/N-ethyl adjacent to an activating group) is 1. The molecule has 0 spiro atoms. The molecular formula is C13H17F2NO2. The smallest absolute Gasteiger partial charge is 0.253 e. The van der Waals surface area contributed by atoms with E-state index in [1.165, 1.54) is 25.8 Å². The number of aliphatic hydroxyl groups is 1. The molecule has 3 nitrogen and oxygen atoms in total. The first-order valence-electron chi connectivity index (χ1n) is 5.63. The van der Waals surface area contributed by atoms with Gasteiger partial charge in [-0.1, -0.05) is 0 Å². The van der Waals surface area contributed by atoms with E-state index in [1.54, 1.807) is 0 Å². The van der Waals surface area contributed by atoms with Crippen molar-refractivity contribution in [2.45, 2.75) is 25.9 Å². The summed E-state index contributed by atoms with van der Waals surface area (Å²) in [5.74, 6) is -1.47. The zero-order valence-corrected chi connectivity index (χ0v) is 10.7. The first kappa shape index (κ1) is 14.6. The molecule has 1 aromatic rings. The van der Waals surface area contributed by atoms with Crippen LogP contribution in [0, 0.1) is 11.6 Å². The fourth-order valence-electron chi connectivity index (χ4n) is 1.59. The van der Waals surface area contributed by atoms with Gasteiger partial charge in [0, 0.05) is 13.6 Å². The number of hydrogen-bond acceptors (Lipinski definition) is 2. The molecule has 0 aromatic heterocycles. The third-order valence-electron chi connectivity index (χ3n) is 2.59. The fourth-order valence-corrected chi connectivity index (χ4v) is 1.59. The lowest BCUT2D eigenvalue weighted by atomic mass is 10.1. The minimum Gasteiger partial charge on any atom is -0.381 e. The molecule has 0 saturated heterocycles. The van der Waals surface area contributed by atoms with Crippen LogP contribution in [0.3, 0.4) is 0 Å². The first-order valence-corrected chi connectivity index (χ1v) is 5.63. The van der Waals surface area contributed by atoms with Crippen LogP contribution in [0.4, 0.5) is 8.78 Å². The molecule has 5 heteroatoms. The summed E-state index contributed by atoms with van der Waals surface area (Å²) in [5, 5.41) is 9.53. The normalized spacial score (nSPS) is 11.4. The lowest BCUT2D eigenvalue weighted by molar-refractivity contribution is -0.146. The van der Waals surface area contributed by atoms with Gasteiger partial charge in [0.05, 0.1) is 0 Å². The second-order valence-electron chi connectivity index (χ2n) is 4.77. The molecule has 1 rings (SSSR count). The van der Waals surface area contributed by atoms with Crippen molar-refractivity contribution >= 4 is 5.91 Å². The highest BCUT2D eigenvalue weighted by atomic mass is 19.1. The van der Waals surface area contributed by atoms with Crippen molar-refractivity contribution in [2.24, 2.45) is 0 Å². The molecule has 0 fully saturated rings. The van der Waals surface area contributed by atoms with E-state index in [1.807, 2.05) is 0 Å². The van der Waals surface area contributed by atoms with Gasteiger partial charge in [-0.25, -0.2) is 8.78 Å². The zero-order chi connectivity index (χ0) is 13.9. The van der Waals surface area contributed by atoms with Gasteiger partial charge in [0.1, 0.15) is 17.2 Å². The van der Waals surface area contributed by atoms with E-state index in [2.05, 4.69) is 0 Å². The molecule has 0 atom stereocenters. The maximum atomic E-state index is 13.3. The van der Waals surface area contributed by atoms with Crippen molar-refractivity contribution in [1.29, 1.82) is 0 Å². The maximum Gasteiger partial charge on any atom is 0.253 e. The van der Waals surface area contributed by atoms with E-state index in [9.17, 15) is 18.7 Å². The number of rotatable bonds is 4. The van der Waals surface area contributed by atoms with Crippen molar-refractivity contribution in [3.63, 3.8) is 0 Å². The lowest BCUT2D eigenvalue weighted by Gasteiger charge is -2.24. The third kappa shape index (κ3) is 3.77. The molecule has 0 radical (unpaired) electrons.